The molecule has 110 valence electrons. The lowest BCUT2D eigenvalue weighted by molar-refractivity contribution is 0.355. The fourth-order valence-corrected chi connectivity index (χ4v) is 2.91. The summed E-state index contributed by atoms with van der Waals surface area (Å²) in [6.45, 7) is 0. The van der Waals surface area contributed by atoms with Crippen molar-refractivity contribution in [3.05, 3.63) is 47.5 Å². The van der Waals surface area contributed by atoms with Gasteiger partial charge in [-0.25, -0.2) is 0 Å². The van der Waals surface area contributed by atoms with Crippen molar-refractivity contribution in [2.24, 2.45) is 0 Å². The van der Waals surface area contributed by atoms with E-state index in [1.165, 1.54) is 5.56 Å². The van der Waals surface area contributed by atoms with Gasteiger partial charge in [0.2, 0.25) is 0 Å². The number of fused-ring (bicyclic) bond motifs is 1. The average molecular weight is 285 g/mol. The molecule has 0 radical (unpaired) electrons. The monoisotopic (exact) mass is 285 g/mol. The number of anilines is 1. The molecule has 0 saturated heterocycles. The highest BCUT2D eigenvalue weighted by Crippen LogP contribution is 2.39. The molecule has 1 aliphatic rings. The molecule has 0 heterocycles. The number of phenols is 1. The maximum Gasteiger partial charge on any atom is 0.162 e. The van der Waals surface area contributed by atoms with Crippen molar-refractivity contribution in [1.29, 1.82) is 0 Å². The normalized spacial score (nSPS) is 16.4. The van der Waals surface area contributed by atoms with E-state index in [-0.39, 0.29) is 6.04 Å². The molecular formula is C17H19NO3. The van der Waals surface area contributed by atoms with Crippen LogP contribution in [0.3, 0.4) is 0 Å². The third-order valence-electron chi connectivity index (χ3n) is 3.97. The van der Waals surface area contributed by atoms with Crippen LogP contribution >= 0.6 is 0 Å². The van der Waals surface area contributed by atoms with Gasteiger partial charge in [-0.3, -0.25) is 0 Å². The van der Waals surface area contributed by atoms with Crippen LogP contribution in [0, 0.1) is 0 Å². The summed E-state index contributed by atoms with van der Waals surface area (Å²) in [4.78, 5) is 0. The first-order valence-electron chi connectivity index (χ1n) is 7.02. The zero-order valence-electron chi connectivity index (χ0n) is 12.2. The Hall–Kier alpha value is -2.36. The van der Waals surface area contributed by atoms with Gasteiger partial charge >= 0.3 is 0 Å². The van der Waals surface area contributed by atoms with Gasteiger partial charge in [-0.2, -0.15) is 0 Å². The Labute approximate surface area is 124 Å². The van der Waals surface area contributed by atoms with Crippen LogP contribution in [0.2, 0.25) is 0 Å². The van der Waals surface area contributed by atoms with Crippen molar-refractivity contribution in [2.75, 3.05) is 19.5 Å². The first kappa shape index (κ1) is 13.6. The molecule has 0 bridgehead atoms. The summed E-state index contributed by atoms with van der Waals surface area (Å²) in [6, 6.07) is 11.7. The molecule has 1 aliphatic carbocycles. The molecule has 0 aliphatic heterocycles. The zero-order chi connectivity index (χ0) is 14.8. The molecule has 0 spiro atoms. The highest BCUT2D eigenvalue weighted by Gasteiger charge is 2.24. The highest BCUT2D eigenvalue weighted by atomic mass is 16.5. The fourth-order valence-electron chi connectivity index (χ4n) is 2.91. The summed E-state index contributed by atoms with van der Waals surface area (Å²) in [5, 5.41) is 13.4. The van der Waals surface area contributed by atoms with Crippen LogP contribution in [0.25, 0.3) is 0 Å². The summed E-state index contributed by atoms with van der Waals surface area (Å²) in [6.07, 6.45) is 1.87. The maximum atomic E-state index is 9.90. The lowest BCUT2D eigenvalue weighted by atomic mass is 10.1. The van der Waals surface area contributed by atoms with Gasteiger partial charge in [0.1, 0.15) is 5.75 Å². The molecule has 1 atom stereocenters. The van der Waals surface area contributed by atoms with E-state index in [2.05, 4.69) is 11.4 Å². The van der Waals surface area contributed by atoms with Crippen molar-refractivity contribution >= 4 is 5.69 Å². The van der Waals surface area contributed by atoms with Crippen molar-refractivity contribution in [3.63, 3.8) is 0 Å². The van der Waals surface area contributed by atoms with Crippen LogP contribution in [0.4, 0.5) is 5.69 Å². The van der Waals surface area contributed by atoms with Crippen molar-refractivity contribution in [1.82, 2.24) is 0 Å². The van der Waals surface area contributed by atoms with Crippen molar-refractivity contribution < 1.29 is 14.6 Å². The van der Waals surface area contributed by atoms with Crippen LogP contribution in [0.1, 0.15) is 23.6 Å². The molecule has 3 rings (SSSR count). The number of rotatable bonds is 4. The molecule has 21 heavy (non-hydrogen) atoms. The van der Waals surface area contributed by atoms with Gasteiger partial charge in [-0.1, -0.05) is 12.1 Å². The van der Waals surface area contributed by atoms with Crippen LogP contribution < -0.4 is 14.8 Å². The average Bonchev–Trinajstić information content (AvgIpc) is 2.92. The molecule has 1 unspecified atom stereocenters. The lowest BCUT2D eigenvalue weighted by Crippen LogP contribution is -2.07. The summed E-state index contributed by atoms with van der Waals surface area (Å²) in [7, 11) is 3.26. The molecule has 2 aromatic carbocycles. The standard InChI is InChI=1S/C17H19NO3/c1-20-16-9-6-11(10-17(16)21-2)18-14-8-7-13-12(14)4-3-5-15(13)19/h3-6,9-10,14,18-19H,7-8H2,1-2H3. The van der Waals surface area contributed by atoms with Gasteiger partial charge in [0.25, 0.3) is 0 Å². The van der Waals surface area contributed by atoms with Crippen LogP contribution in [0.5, 0.6) is 17.2 Å². The van der Waals surface area contributed by atoms with E-state index in [4.69, 9.17) is 9.47 Å². The van der Waals surface area contributed by atoms with Gasteiger partial charge < -0.3 is 19.9 Å². The van der Waals surface area contributed by atoms with E-state index in [0.717, 1.165) is 24.1 Å². The lowest BCUT2D eigenvalue weighted by Gasteiger charge is -2.17. The van der Waals surface area contributed by atoms with Gasteiger partial charge in [-0.05, 0) is 42.2 Å². The Morgan fingerprint density at radius 2 is 1.90 bits per heavy atom. The van der Waals surface area contributed by atoms with E-state index in [1.807, 2.05) is 24.3 Å². The number of ether oxygens (including phenoxy) is 2. The number of phenolic OH excluding ortho intramolecular Hbond substituents is 1. The number of hydrogen-bond acceptors (Lipinski definition) is 4. The largest absolute Gasteiger partial charge is 0.508 e. The molecule has 0 saturated carbocycles. The Balaban J connectivity index is 1.85. The number of nitrogens with one attached hydrogen (secondary N) is 1. The SMILES string of the molecule is COc1ccc(NC2CCc3c(O)cccc32)cc1OC. The minimum atomic E-state index is 0.213. The summed E-state index contributed by atoms with van der Waals surface area (Å²) < 4.78 is 10.6. The summed E-state index contributed by atoms with van der Waals surface area (Å²) in [5.74, 6) is 1.81. The van der Waals surface area contributed by atoms with E-state index >= 15 is 0 Å². The Morgan fingerprint density at radius 3 is 2.67 bits per heavy atom. The number of benzene rings is 2. The molecule has 4 nitrogen and oxygen atoms in total. The topological polar surface area (TPSA) is 50.7 Å². The van der Waals surface area contributed by atoms with E-state index in [0.29, 0.717) is 17.2 Å². The van der Waals surface area contributed by atoms with Crippen LogP contribution in [-0.4, -0.2) is 19.3 Å². The third-order valence-corrected chi connectivity index (χ3v) is 3.97. The van der Waals surface area contributed by atoms with E-state index in [1.54, 1.807) is 20.3 Å². The third kappa shape index (κ3) is 2.49. The molecular weight excluding hydrogens is 266 g/mol. The predicted molar refractivity (Wildman–Crippen MR) is 82.3 cm³/mol. The number of methoxy groups -OCH3 is 2. The van der Waals surface area contributed by atoms with E-state index in [9.17, 15) is 5.11 Å². The molecule has 4 heteroatoms. The van der Waals surface area contributed by atoms with Gasteiger partial charge in [0.05, 0.1) is 20.3 Å². The fraction of sp³-hybridized carbons (Fsp3) is 0.294. The smallest absolute Gasteiger partial charge is 0.162 e. The Morgan fingerprint density at radius 1 is 1.10 bits per heavy atom. The molecule has 2 aromatic rings. The van der Waals surface area contributed by atoms with Crippen LogP contribution in [0.15, 0.2) is 36.4 Å². The van der Waals surface area contributed by atoms with Gasteiger partial charge in [0, 0.05) is 11.8 Å². The second-order valence-corrected chi connectivity index (χ2v) is 5.15. The van der Waals surface area contributed by atoms with Gasteiger partial charge in [0.15, 0.2) is 11.5 Å². The number of aromatic hydroxyl groups is 1. The van der Waals surface area contributed by atoms with E-state index < -0.39 is 0 Å². The summed E-state index contributed by atoms with van der Waals surface area (Å²) >= 11 is 0. The van der Waals surface area contributed by atoms with Gasteiger partial charge in [-0.15, -0.1) is 0 Å². The molecule has 0 fully saturated rings. The second kappa shape index (κ2) is 5.56. The first-order chi connectivity index (χ1) is 10.2. The highest BCUT2D eigenvalue weighted by molar-refractivity contribution is 5.57. The Bertz CT molecular complexity index is 654. The zero-order valence-corrected chi connectivity index (χ0v) is 12.2. The molecule has 2 N–H and O–H groups in total. The maximum absolute atomic E-state index is 9.90. The van der Waals surface area contributed by atoms with Crippen LogP contribution in [-0.2, 0) is 6.42 Å². The molecule has 0 aromatic heterocycles. The minimum absolute atomic E-state index is 0.213. The predicted octanol–water partition coefficient (Wildman–Crippen LogP) is 3.51. The molecule has 0 amide bonds. The quantitative estimate of drug-likeness (QED) is 0.902. The first-order valence-corrected chi connectivity index (χ1v) is 7.02. The summed E-state index contributed by atoms with van der Waals surface area (Å²) in [5.41, 5.74) is 3.20. The van der Waals surface area contributed by atoms with Crippen molar-refractivity contribution in [3.8, 4) is 17.2 Å². The minimum Gasteiger partial charge on any atom is -0.508 e. The van der Waals surface area contributed by atoms with Crippen molar-refractivity contribution in [2.45, 2.75) is 18.9 Å². The number of hydrogen-bond donors (Lipinski definition) is 2. The second-order valence-electron chi connectivity index (χ2n) is 5.15. The Kier molecular flexibility index (Phi) is 3.60.